The van der Waals surface area contributed by atoms with E-state index in [0.29, 0.717) is 23.8 Å². The number of hydrogen-bond donors (Lipinski definition) is 3. The number of piperidine rings is 1. The summed E-state index contributed by atoms with van der Waals surface area (Å²) in [4.78, 5) is 17.1. The Morgan fingerprint density at radius 3 is 2.81 bits per heavy atom. The summed E-state index contributed by atoms with van der Waals surface area (Å²) in [6, 6.07) is 3.65. The van der Waals surface area contributed by atoms with Gasteiger partial charge in [0.05, 0.1) is 6.54 Å². The molecule has 138 valence electrons. The van der Waals surface area contributed by atoms with Gasteiger partial charge in [0.1, 0.15) is 23.0 Å². The van der Waals surface area contributed by atoms with Crippen molar-refractivity contribution in [1.29, 1.82) is 0 Å². The summed E-state index contributed by atoms with van der Waals surface area (Å²) in [5.74, 6) is -0.0872. The van der Waals surface area contributed by atoms with E-state index in [4.69, 9.17) is 5.11 Å². The second kappa shape index (κ2) is 7.65. The number of aromatic hydroxyl groups is 1. The van der Waals surface area contributed by atoms with Crippen LogP contribution >= 0.6 is 0 Å². The van der Waals surface area contributed by atoms with Gasteiger partial charge in [0.15, 0.2) is 0 Å². The molecule has 1 aliphatic rings. The number of carbonyl (C=O) groups is 1. The minimum atomic E-state index is -0.809. The molecule has 8 nitrogen and oxygen atoms in total. The fourth-order valence-corrected chi connectivity index (χ4v) is 3.24. The number of aryl methyl sites for hydroxylation is 2. The molecule has 1 aliphatic heterocycles. The molecule has 0 amide bonds. The monoisotopic (exact) mass is 357 g/mol. The zero-order valence-electron chi connectivity index (χ0n) is 14.9. The topological polar surface area (TPSA) is 111 Å². The Labute approximate surface area is 151 Å². The van der Waals surface area contributed by atoms with Crippen LogP contribution < -0.4 is 5.32 Å². The normalized spacial score (nSPS) is 17.8. The maximum atomic E-state index is 10.9. The van der Waals surface area contributed by atoms with Crippen molar-refractivity contribution in [2.45, 2.75) is 32.7 Å². The van der Waals surface area contributed by atoms with Crippen molar-refractivity contribution in [3.63, 3.8) is 0 Å². The van der Waals surface area contributed by atoms with E-state index in [1.165, 1.54) is 0 Å². The van der Waals surface area contributed by atoms with Gasteiger partial charge in [-0.25, -0.2) is 0 Å². The molecule has 0 saturated carbocycles. The van der Waals surface area contributed by atoms with Gasteiger partial charge < -0.3 is 15.5 Å². The predicted molar refractivity (Wildman–Crippen MR) is 97.1 cm³/mol. The first-order valence-electron chi connectivity index (χ1n) is 8.63. The molecule has 1 atom stereocenters. The number of nitrogens with one attached hydrogen (secondary N) is 1. The van der Waals surface area contributed by atoms with Crippen molar-refractivity contribution in [3.05, 3.63) is 29.5 Å². The Morgan fingerprint density at radius 2 is 2.12 bits per heavy atom. The molecule has 1 saturated heterocycles. The zero-order valence-corrected chi connectivity index (χ0v) is 14.9. The lowest BCUT2D eigenvalue weighted by Gasteiger charge is -2.32. The van der Waals surface area contributed by atoms with Gasteiger partial charge in [0, 0.05) is 18.8 Å². The lowest BCUT2D eigenvalue weighted by Crippen LogP contribution is -2.44. The molecule has 26 heavy (non-hydrogen) atoms. The standard InChI is InChI=1S/C18H23N5O3/c1-11-6-14(24)18(19-8-11)17-12(2)7-15(21-22-17)20-13-4-3-5-23(9-13)10-16(25)26/h6-8,13,24H,3-5,9-10H2,1-2H3,(H,20,21)(H,25,26). The Balaban J connectivity index is 1.72. The Morgan fingerprint density at radius 1 is 1.31 bits per heavy atom. The van der Waals surface area contributed by atoms with Crippen LogP contribution in [-0.4, -0.2) is 61.9 Å². The summed E-state index contributed by atoms with van der Waals surface area (Å²) in [7, 11) is 0. The van der Waals surface area contributed by atoms with Crippen LogP contribution in [0.5, 0.6) is 5.75 Å². The van der Waals surface area contributed by atoms with Crippen LogP contribution in [0, 0.1) is 13.8 Å². The highest BCUT2D eigenvalue weighted by Gasteiger charge is 2.22. The van der Waals surface area contributed by atoms with E-state index in [9.17, 15) is 9.90 Å². The number of nitrogens with zero attached hydrogens (tertiary/aromatic N) is 4. The first-order chi connectivity index (χ1) is 12.4. The van der Waals surface area contributed by atoms with Crippen molar-refractivity contribution in [1.82, 2.24) is 20.1 Å². The molecule has 1 unspecified atom stereocenters. The Kier molecular flexibility index (Phi) is 5.32. The first kappa shape index (κ1) is 18.1. The second-order valence-electron chi connectivity index (χ2n) is 6.75. The summed E-state index contributed by atoms with van der Waals surface area (Å²) in [5.41, 5.74) is 2.69. The zero-order chi connectivity index (χ0) is 18.7. The van der Waals surface area contributed by atoms with E-state index in [0.717, 1.165) is 30.5 Å². The highest BCUT2D eigenvalue weighted by atomic mass is 16.4. The van der Waals surface area contributed by atoms with Crippen LogP contribution in [0.3, 0.4) is 0 Å². The minimum absolute atomic E-state index is 0.0557. The molecule has 3 heterocycles. The van der Waals surface area contributed by atoms with Gasteiger partial charge in [0.25, 0.3) is 0 Å². The van der Waals surface area contributed by atoms with E-state index in [1.54, 1.807) is 12.3 Å². The number of aromatic nitrogens is 3. The molecule has 0 bridgehead atoms. The van der Waals surface area contributed by atoms with E-state index in [2.05, 4.69) is 20.5 Å². The molecule has 3 N–H and O–H groups in total. The summed E-state index contributed by atoms with van der Waals surface area (Å²) in [5, 5.41) is 30.8. The lowest BCUT2D eigenvalue weighted by atomic mass is 10.1. The number of hydrogen-bond acceptors (Lipinski definition) is 7. The molecular weight excluding hydrogens is 334 g/mol. The first-order valence-corrected chi connectivity index (χ1v) is 8.63. The highest BCUT2D eigenvalue weighted by Crippen LogP contribution is 2.28. The summed E-state index contributed by atoms with van der Waals surface area (Å²) in [6.07, 6.45) is 3.58. The third-order valence-corrected chi connectivity index (χ3v) is 4.43. The molecule has 2 aromatic rings. The summed E-state index contributed by atoms with van der Waals surface area (Å²) in [6.45, 7) is 5.27. The Hall–Kier alpha value is -2.74. The third kappa shape index (κ3) is 4.26. The number of aliphatic carboxylic acids is 1. The van der Waals surface area contributed by atoms with Crippen molar-refractivity contribution in [2.24, 2.45) is 0 Å². The van der Waals surface area contributed by atoms with Crippen LogP contribution in [0.2, 0.25) is 0 Å². The van der Waals surface area contributed by atoms with Gasteiger partial charge in [0.2, 0.25) is 0 Å². The maximum absolute atomic E-state index is 10.9. The van der Waals surface area contributed by atoms with Gasteiger partial charge in [-0.15, -0.1) is 10.2 Å². The van der Waals surface area contributed by atoms with E-state index in [-0.39, 0.29) is 18.3 Å². The Bertz CT molecular complexity index is 811. The van der Waals surface area contributed by atoms with Crippen LogP contribution in [0.25, 0.3) is 11.4 Å². The average Bonchev–Trinajstić information content (AvgIpc) is 2.56. The summed E-state index contributed by atoms with van der Waals surface area (Å²) >= 11 is 0. The molecule has 3 rings (SSSR count). The van der Waals surface area contributed by atoms with Crippen LogP contribution in [0.4, 0.5) is 5.82 Å². The van der Waals surface area contributed by atoms with Crippen molar-refractivity contribution >= 4 is 11.8 Å². The van der Waals surface area contributed by atoms with Crippen LogP contribution in [0.1, 0.15) is 24.0 Å². The molecular formula is C18H23N5O3. The third-order valence-electron chi connectivity index (χ3n) is 4.43. The molecule has 0 aromatic carbocycles. The average molecular weight is 357 g/mol. The van der Waals surface area contributed by atoms with Gasteiger partial charge in [-0.2, -0.15) is 0 Å². The minimum Gasteiger partial charge on any atom is -0.506 e. The van der Waals surface area contributed by atoms with Gasteiger partial charge >= 0.3 is 5.97 Å². The maximum Gasteiger partial charge on any atom is 0.317 e. The SMILES string of the molecule is Cc1cnc(-c2nnc(NC3CCCN(CC(=O)O)C3)cc2C)c(O)c1. The highest BCUT2D eigenvalue weighted by molar-refractivity contribution is 5.69. The van der Waals surface area contributed by atoms with Crippen molar-refractivity contribution in [2.75, 3.05) is 25.0 Å². The number of pyridine rings is 1. The van der Waals surface area contributed by atoms with Crippen molar-refractivity contribution < 1.29 is 15.0 Å². The van der Waals surface area contributed by atoms with Crippen molar-refractivity contribution in [3.8, 4) is 17.1 Å². The van der Waals surface area contributed by atoms with E-state index >= 15 is 0 Å². The van der Waals surface area contributed by atoms with E-state index < -0.39 is 5.97 Å². The fourth-order valence-electron chi connectivity index (χ4n) is 3.24. The summed E-state index contributed by atoms with van der Waals surface area (Å²) < 4.78 is 0. The quantitative estimate of drug-likeness (QED) is 0.743. The molecule has 0 radical (unpaired) electrons. The largest absolute Gasteiger partial charge is 0.506 e. The van der Waals surface area contributed by atoms with Crippen LogP contribution in [-0.2, 0) is 4.79 Å². The fraction of sp³-hybridized carbons (Fsp3) is 0.444. The number of carboxylic acids is 1. The number of rotatable bonds is 5. The lowest BCUT2D eigenvalue weighted by molar-refractivity contribution is -0.138. The molecule has 2 aromatic heterocycles. The van der Waals surface area contributed by atoms with Gasteiger partial charge in [-0.3, -0.25) is 14.7 Å². The van der Waals surface area contributed by atoms with Gasteiger partial charge in [-0.1, -0.05) is 0 Å². The number of likely N-dealkylation sites (tertiary alicyclic amines) is 1. The van der Waals surface area contributed by atoms with Gasteiger partial charge in [-0.05, 0) is 56.5 Å². The molecule has 8 heteroatoms. The van der Waals surface area contributed by atoms with Crippen LogP contribution in [0.15, 0.2) is 18.3 Å². The molecule has 1 fully saturated rings. The number of carboxylic acid groups (broad SMARTS) is 1. The smallest absolute Gasteiger partial charge is 0.317 e. The predicted octanol–water partition coefficient (Wildman–Crippen LogP) is 1.82. The molecule has 0 aliphatic carbocycles. The number of anilines is 1. The van der Waals surface area contributed by atoms with E-state index in [1.807, 2.05) is 24.8 Å². The second-order valence-corrected chi connectivity index (χ2v) is 6.75. The molecule has 0 spiro atoms.